The van der Waals surface area contributed by atoms with Crippen molar-refractivity contribution in [1.82, 2.24) is 5.32 Å². The minimum Gasteiger partial charge on any atom is -0.492 e. The summed E-state index contributed by atoms with van der Waals surface area (Å²) in [7, 11) is 1.49. The van der Waals surface area contributed by atoms with Crippen LogP contribution >= 0.6 is 23.2 Å². The van der Waals surface area contributed by atoms with Gasteiger partial charge in [-0.2, -0.15) is 0 Å². The van der Waals surface area contributed by atoms with Gasteiger partial charge in [-0.25, -0.2) is 0 Å². The Morgan fingerprint density at radius 2 is 2.10 bits per heavy atom. The van der Waals surface area contributed by atoms with E-state index < -0.39 is 5.41 Å². The molecule has 0 aromatic heterocycles. The van der Waals surface area contributed by atoms with E-state index in [2.05, 4.69) is 5.32 Å². The molecule has 4 unspecified atom stereocenters. The maximum atomic E-state index is 12.8. The highest BCUT2D eigenvalue weighted by molar-refractivity contribution is 6.35. The average Bonchev–Trinajstić information content (AvgIpc) is 2.83. The number of esters is 1. The topological polar surface area (TPSA) is 64.6 Å². The number of carbonyl (C=O) groups is 2. The molecule has 7 heteroatoms. The van der Waals surface area contributed by atoms with Crippen molar-refractivity contribution < 1.29 is 19.1 Å². The van der Waals surface area contributed by atoms with E-state index in [1.165, 1.54) is 7.11 Å². The van der Waals surface area contributed by atoms with Gasteiger partial charge in [0.2, 0.25) is 5.91 Å². The summed E-state index contributed by atoms with van der Waals surface area (Å²) < 4.78 is 10.9. The van der Waals surface area contributed by atoms with Crippen LogP contribution in [-0.4, -0.2) is 31.1 Å². The lowest BCUT2D eigenvalue weighted by molar-refractivity contribution is -0.156. The van der Waals surface area contributed by atoms with E-state index in [0.29, 0.717) is 47.1 Å². The van der Waals surface area contributed by atoms with Crippen LogP contribution in [0.5, 0.6) is 5.75 Å². The number of carbonyl (C=O) groups excluding carboxylic acids is 2. The molecule has 3 fully saturated rings. The second-order valence-electron chi connectivity index (χ2n) is 9.28. The Kier molecular flexibility index (Phi) is 6.23. The largest absolute Gasteiger partial charge is 0.492 e. The number of fused-ring (bicyclic) bond motifs is 2. The molecule has 30 heavy (non-hydrogen) atoms. The fourth-order valence-corrected chi connectivity index (χ4v) is 6.73. The molecule has 0 saturated heterocycles. The summed E-state index contributed by atoms with van der Waals surface area (Å²) >= 11 is 12.0. The Morgan fingerprint density at radius 3 is 2.87 bits per heavy atom. The van der Waals surface area contributed by atoms with Crippen molar-refractivity contribution in [3.8, 4) is 5.75 Å². The molecule has 4 atom stereocenters. The third-order valence-corrected chi connectivity index (χ3v) is 7.83. The highest BCUT2D eigenvalue weighted by Crippen LogP contribution is 2.62. The van der Waals surface area contributed by atoms with Gasteiger partial charge in [-0.15, -0.1) is 0 Å². The summed E-state index contributed by atoms with van der Waals surface area (Å²) in [6, 6.07) is 5.09. The molecule has 1 aromatic carbocycles. The Labute approximate surface area is 187 Å². The number of benzene rings is 1. The quantitative estimate of drug-likeness (QED) is 0.456. The van der Waals surface area contributed by atoms with E-state index in [-0.39, 0.29) is 17.4 Å². The second kappa shape index (κ2) is 8.58. The number of rotatable bonds is 7. The van der Waals surface area contributed by atoms with Crippen molar-refractivity contribution >= 4 is 35.1 Å². The summed E-state index contributed by atoms with van der Waals surface area (Å²) in [4.78, 5) is 25.5. The average molecular weight is 454 g/mol. The molecule has 1 N–H and O–H groups in total. The predicted octanol–water partition coefficient (Wildman–Crippen LogP) is 5.17. The SMILES string of the molecule is COC(=O)C12CCCC3CC1CC(NC(=O)CCCOc1ccc(Cl)cc1Cl)(C3)C2. The normalized spacial score (nSPS) is 31.8. The zero-order valence-electron chi connectivity index (χ0n) is 17.3. The summed E-state index contributed by atoms with van der Waals surface area (Å²) in [5.74, 6) is 1.43. The zero-order chi connectivity index (χ0) is 21.4. The number of halogens is 2. The molecular formula is C23H29Cl2NO4. The van der Waals surface area contributed by atoms with Crippen molar-refractivity contribution in [1.29, 1.82) is 0 Å². The summed E-state index contributed by atoms with van der Waals surface area (Å²) in [6.07, 6.45) is 7.75. The second-order valence-corrected chi connectivity index (χ2v) is 10.1. The van der Waals surface area contributed by atoms with Crippen LogP contribution in [0.2, 0.25) is 10.0 Å². The van der Waals surface area contributed by atoms with Crippen molar-refractivity contribution in [3.05, 3.63) is 28.2 Å². The first-order valence-electron chi connectivity index (χ1n) is 10.8. The standard InChI is InChI=1S/C23H29Cl2NO4/c1-29-21(28)23-8-2-4-15-10-16(23)13-22(12-15,14-23)26-20(27)5-3-9-30-19-7-6-17(24)11-18(19)25/h6-7,11,15-16H,2-5,8-10,12-14H2,1H3,(H,26,27). The number of nitrogens with one attached hydrogen (secondary N) is 1. The Hall–Kier alpha value is -1.46. The van der Waals surface area contributed by atoms with E-state index in [4.69, 9.17) is 32.7 Å². The summed E-state index contributed by atoms with van der Waals surface area (Å²) in [6.45, 7) is 0.402. The van der Waals surface area contributed by atoms with Crippen LogP contribution in [0.25, 0.3) is 0 Å². The molecule has 3 aliphatic rings. The van der Waals surface area contributed by atoms with Gasteiger partial charge in [0.15, 0.2) is 0 Å². The Bertz CT molecular complexity index is 831. The monoisotopic (exact) mass is 453 g/mol. The number of ether oxygens (including phenoxy) is 2. The number of hydrogen-bond donors (Lipinski definition) is 1. The van der Waals surface area contributed by atoms with Crippen molar-refractivity contribution in [2.45, 2.75) is 63.3 Å². The van der Waals surface area contributed by atoms with Gasteiger partial charge in [-0.05, 0) is 68.6 Å². The number of methoxy groups -OCH3 is 1. The molecular weight excluding hydrogens is 425 g/mol. The molecule has 164 valence electrons. The third kappa shape index (κ3) is 4.16. The molecule has 3 saturated carbocycles. The van der Waals surface area contributed by atoms with Gasteiger partial charge in [0.1, 0.15) is 5.75 Å². The minimum atomic E-state index is -0.415. The van der Waals surface area contributed by atoms with Crippen LogP contribution in [0, 0.1) is 17.3 Å². The van der Waals surface area contributed by atoms with Gasteiger partial charge in [0.05, 0.1) is 24.2 Å². The molecule has 5 nitrogen and oxygen atoms in total. The predicted molar refractivity (Wildman–Crippen MR) is 116 cm³/mol. The van der Waals surface area contributed by atoms with Gasteiger partial charge in [-0.3, -0.25) is 9.59 Å². The summed E-state index contributed by atoms with van der Waals surface area (Å²) in [5, 5.41) is 4.35. The van der Waals surface area contributed by atoms with Crippen molar-refractivity contribution in [2.75, 3.05) is 13.7 Å². The lowest BCUT2D eigenvalue weighted by Crippen LogP contribution is -2.50. The lowest BCUT2D eigenvalue weighted by atomic mass is 9.73. The first-order valence-corrected chi connectivity index (χ1v) is 11.6. The lowest BCUT2D eigenvalue weighted by Gasteiger charge is -2.38. The first-order chi connectivity index (χ1) is 14.4. The molecule has 0 spiro atoms. The van der Waals surface area contributed by atoms with Gasteiger partial charge in [0.25, 0.3) is 0 Å². The smallest absolute Gasteiger partial charge is 0.312 e. The van der Waals surface area contributed by atoms with Gasteiger partial charge in [0, 0.05) is 17.0 Å². The zero-order valence-corrected chi connectivity index (χ0v) is 18.9. The molecule has 3 aliphatic carbocycles. The molecule has 0 aliphatic heterocycles. The molecule has 0 heterocycles. The third-order valence-electron chi connectivity index (χ3n) is 7.30. The minimum absolute atomic E-state index is 0.0291. The first kappa shape index (κ1) is 21.8. The Balaban J connectivity index is 1.33. The summed E-state index contributed by atoms with van der Waals surface area (Å²) in [5.41, 5.74) is -0.679. The number of amides is 1. The van der Waals surface area contributed by atoms with Crippen LogP contribution in [0.15, 0.2) is 18.2 Å². The van der Waals surface area contributed by atoms with Crippen molar-refractivity contribution in [2.24, 2.45) is 17.3 Å². The fourth-order valence-electron chi connectivity index (χ4n) is 6.26. The van der Waals surface area contributed by atoms with Gasteiger partial charge < -0.3 is 14.8 Å². The highest BCUT2D eigenvalue weighted by atomic mass is 35.5. The van der Waals surface area contributed by atoms with Crippen LogP contribution in [-0.2, 0) is 14.3 Å². The highest BCUT2D eigenvalue weighted by Gasteiger charge is 2.63. The Morgan fingerprint density at radius 1 is 1.27 bits per heavy atom. The van der Waals surface area contributed by atoms with E-state index in [1.807, 2.05) is 0 Å². The van der Waals surface area contributed by atoms with Gasteiger partial charge >= 0.3 is 5.97 Å². The number of hydrogen-bond acceptors (Lipinski definition) is 4. The molecule has 1 amide bonds. The van der Waals surface area contributed by atoms with E-state index in [0.717, 1.165) is 44.9 Å². The van der Waals surface area contributed by atoms with Crippen LogP contribution in [0.3, 0.4) is 0 Å². The molecule has 4 rings (SSSR count). The molecule has 3 bridgehead atoms. The molecule has 0 radical (unpaired) electrons. The van der Waals surface area contributed by atoms with E-state index in [1.54, 1.807) is 18.2 Å². The van der Waals surface area contributed by atoms with Gasteiger partial charge in [-0.1, -0.05) is 36.0 Å². The van der Waals surface area contributed by atoms with E-state index >= 15 is 0 Å². The van der Waals surface area contributed by atoms with Crippen LogP contribution < -0.4 is 10.1 Å². The van der Waals surface area contributed by atoms with Crippen LogP contribution in [0.1, 0.15) is 57.8 Å². The van der Waals surface area contributed by atoms with Crippen molar-refractivity contribution in [3.63, 3.8) is 0 Å². The maximum Gasteiger partial charge on any atom is 0.312 e. The fraction of sp³-hybridized carbons (Fsp3) is 0.652. The maximum absolute atomic E-state index is 12.8. The van der Waals surface area contributed by atoms with E-state index in [9.17, 15) is 9.59 Å². The molecule has 1 aromatic rings. The van der Waals surface area contributed by atoms with Crippen LogP contribution in [0.4, 0.5) is 0 Å².